The van der Waals surface area contributed by atoms with Gasteiger partial charge in [0.05, 0.1) is 18.9 Å². The summed E-state index contributed by atoms with van der Waals surface area (Å²) in [6.45, 7) is 4.02. The molecule has 8 heteroatoms. The number of hydrogen-bond donors (Lipinski definition) is 2. The van der Waals surface area contributed by atoms with Gasteiger partial charge in [-0.2, -0.15) is 0 Å². The summed E-state index contributed by atoms with van der Waals surface area (Å²) < 4.78 is 11.3. The zero-order valence-corrected chi connectivity index (χ0v) is 18.2. The van der Waals surface area contributed by atoms with Gasteiger partial charge in [0.1, 0.15) is 12.4 Å². The maximum Gasteiger partial charge on any atom is 0.161 e. The van der Waals surface area contributed by atoms with Crippen LogP contribution in [0.4, 0.5) is 5.82 Å². The monoisotopic (exact) mass is 415 g/mol. The van der Waals surface area contributed by atoms with E-state index in [2.05, 4.69) is 25.1 Å². The van der Waals surface area contributed by atoms with Gasteiger partial charge in [-0.15, -0.1) is 0 Å². The molecule has 164 valence electrons. The van der Waals surface area contributed by atoms with Crippen LogP contribution in [0.25, 0.3) is 0 Å². The molecule has 0 radical (unpaired) electrons. The van der Waals surface area contributed by atoms with Crippen molar-refractivity contribution in [2.45, 2.75) is 25.0 Å². The quantitative estimate of drug-likeness (QED) is 0.605. The van der Waals surface area contributed by atoms with E-state index in [1.807, 2.05) is 32.3 Å². The van der Waals surface area contributed by atoms with E-state index in [-0.39, 0.29) is 0 Å². The summed E-state index contributed by atoms with van der Waals surface area (Å²) in [5.41, 5.74) is 0.284. The van der Waals surface area contributed by atoms with Crippen LogP contribution in [-0.4, -0.2) is 79.6 Å². The Morgan fingerprint density at radius 1 is 1.27 bits per heavy atom. The van der Waals surface area contributed by atoms with Crippen LogP contribution in [0.2, 0.25) is 0 Å². The number of likely N-dealkylation sites (N-methyl/N-ethyl adjacent to an activating group) is 1. The van der Waals surface area contributed by atoms with Crippen LogP contribution in [0.5, 0.6) is 11.5 Å². The van der Waals surface area contributed by atoms with Crippen LogP contribution in [-0.2, 0) is 6.54 Å². The summed E-state index contributed by atoms with van der Waals surface area (Å²) in [7, 11) is 5.68. The second-order valence-electron chi connectivity index (χ2n) is 8.05. The Kier molecular flexibility index (Phi) is 7.84. The lowest BCUT2D eigenvalue weighted by Crippen LogP contribution is -2.53. The number of nitrogens with zero attached hydrogens (tertiary/aromatic N) is 4. The zero-order valence-electron chi connectivity index (χ0n) is 18.2. The average molecular weight is 416 g/mol. The fraction of sp³-hybridized carbons (Fsp3) is 0.545. The summed E-state index contributed by atoms with van der Waals surface area (Å²) >= 11 is 0. The number of hydrogen-bond acceptors (Lipinski definition) is 8. The summed E-state index contributed by atoms with van der Waals surface area (Å²) in [5, 5.41) is 14.5. The fourth-order valence-electron chi connectivity index (χ4n) is 3.63. The van der Waals surface area contributed by atoms with Gasteiger partial charge in [-0.1, -0.05) is 6.07 Å². The number of β-amino-alcohol motifs (C(OH)–C–C–N with tert-alkyl or cyclic N) is 1. The molecule has 1 aromatic carbocycles. The standard InChI is InChI=1S/C22H33N5O3/c1-26(2)11-12-30-19-6-5-18(13-20(19)29-3)14-24-16-22(28)7-4-10-27(17-22)21-15-23-8-9-25-21/h5-6,8-9,13,15,24,28H,4,7,10-12,14,16-17H2,1-3H3/t22-/m1/s1. The highest BCUT2D eigenvalue weighted by atomic mass is 16.5. The maximum atomic E-state index is 11.1. The number of piperidine rings is 1. The molecule has 1 fully saturated rings. The van der Waals surface area contributed by atoms with Gasteiger partial charge >= 0.3 is 0 Å². The Labute approximate surface area is 178 Å². The van der Waals surface area contributed by atoms with Gasteiger partial charge in [-0.3, -0.25) is 4.98 Å². The first-order valence-electron chi connectivity index (χ1n) is 10.4. The van der Waals surface area contributed by atoms with E-state index in [0.29, 0.717) is 26.2 Å². The van der Waals surface area contributed by atoms with Gasteiger partial charge in [0, 0.05) is 45.1 Å². The van der Waals surface area contributed by atoms with Crippen molar-refractivity contribution in [2.24, 2.45) is 0 Å². The molecule has 0 saturated carbocycles. The van der Waals surface area contributed by atoms with Crippen LogP contribution in [0.1, 0.15) is 18.4 Å². The molecule has 30 heavy (non-hydrogen) atoms. The first kappa shape index (κ1) is 22.3. The molecular weight excluding hydrogens is 382 g/mol. The van der Waals surface area contributed by atoms with E-state index in [0.717, 1.165) is 48.8 Å². The first-order valence-corrected chi connectivity index (χ1v) is 10.4. The van der Waals surface area contributed by atoms with Gasteiger partial charge in [-0.25, -0.2) is 4.98 Å². The molecule has 2 N–H and O–H groups in total. The predicted octanol–water partition coefficient (Wildman–Crippen LogP) is 1.55. The second-order valence-corrected chi connectivity index (χ2v) is 8.05. The van der Waals surface area contributed by atoms with Gasteiger partial charge in [0.2, 0.25) is 0 Å². The van der Waals surface area contributed by atoms with Crippen LogP contribution in [0.3, 0.4) is 0 Å². The van der Waals surface area contributed by atoms with Gasteiger partial charge in [0.15, 0.2) is 11.5 Å². The fourth-order valence-corrected chi connectivity index (χ4v) is 3.63. The van der Waals surface area contributed by atoms with Gasteiger partial charge in [0.25, 0.3) is 0 Å². The number of ether oxygens (including phenoxy) is 2. The molecule has 8 nitrogen and oxygen atoms in total. The molecule has 1 atom stereocenters. The third-order valence-corrected chi connectivity index (χ3v) is 5.24. The molecular formula is C22H33N5O3. The van der Waals surface area contributed by atoms with Crippen molar-refractivity contribution in [3.05, 3.63) is 42.4 Å². The van der Waals surface area contributed by atoms with Crippen molar-refractivity contribution in [3.8, 4) is 11.5 Å². The van der Waals surface area contributed by atoms with E-state index in [1.165, 1.54) is 0 Å². The highest BCUT2D eigenvalue weighted by Crippen LogP contribution is 2.28. The van der Waals surface area contributed by atoms with E-state index < -0.39 is 5.60 Å². The molecule has 0 aliphatic carbocycles. The Bertz CT molecular complexity index is 790. The van der Waals surface area contributed by atoms with Crippen LogP contribution >= 0.6 is 0 Å². The lowest BCUT2D eigenvalue weighted by molar-refractivity contribution is 0.0258. The Balaban J connectivity index is 1.52. The SMILES string of the molecule is COc1cc(CNC[C@]2(O)CCCN(c3cnccn3)C2)ccc1OCCN(C)C. The van der Waals surface area contributed by atoms with Crippen LogP contribution in [0.15, 0.2) is 36.8 Å². The summed E-state index contributed by atoms with van der Waals surface area (Å²) in [6, 6.07) is 5.95. The molecule has 3 rings (SSSR count). The molecule has 0 bridgehead atoms. The number of nitrogens with one attached hydrogen (secondary N) is 1. The van der Waals surface area contributed by atoms with Crippen molar-refractivity contribution < 1.29 is 14.6 Å². The minimum Gasteiger partial charge on any atom is -0.493 e. The van der Waals surface area contributed by atoms with E-state index in [4.69, 9.17) is 9.47 Å². The smallest absolute Gasteiger partial charge is 0.161 e. The summed E-state index contributed by atoms with van der Waals surface area (Å²) in [5.74, 6) is 2.28. The minimum absolute atomic E-state index is 0.507. The van der Waals surface area contributed by atoms with Crippen molar-refractivity contribution >= 4 is 5.82 Å². The number of aliphatic hydroxyl groups is 1. The molecule has 0 unspecified atom stereocenters. The Hall–Kier alpha value is -2.42. The van der Waals surface area contributed by atoms with E-state index in [9.17, 15) is 5.11 Å². The van der Waals surface area contributed by atoms with Crippen molar-refractivity contribution in [1.82, 2.24) is 20.2 Å². The lowest BCUT2D eigenvalue weighted by Gasteiger charge is -2.39. The Morgan fingerprint density at radius 2 is 2.13 bits per heavy atom. The average Bonchev–Trinajstić information content (AvgIpc) is 2.75. The minimum atomic E-state index is -0.797. The highest BCUT2D eigenvalue weighted by Gasteiger charge is 2.33. The topological polar surface area (TPSA) is 83.0 Å². The molecule has 0 spiro atoms. The number of rotatable bonds is 10. The van der Waals surface area contributed by atoms with Crippen LogP contribution < -0.4 is 19.7 Å². The molecule has 1 saturated heterocycles. The third-order valence-electron chi connectivity index (χ3n) is 5.24. The summed E-state index contributed by atoms with van der Waals surface area (Å²) in [6.07, 6.45) is 6.77. The highest BCUT2D eigenvalue weighted by molar-refractivity contribution is 5.43. The third kappa shape index (κ3) is 6.29. The molecule has 1 aromatic heterocycles. The van der Waals surface area contributed by atoms with Crippen molar-refractivity contribution in [3.63, 3.8) is 0 Å². The summed E-state index contributed by atoms with van der Waals surface area (Å²) in [4.78, 5) is 12.7. The number of anilines is 1. The number of benzene rings is 1. The molecule has 0 amide bonds. The zero-order chi connectivity index (χ0) is 21.4. The normalized spacial score (nSPS) is 19.2. The van der Waals surface area contributed by atoms with Crippen LogP contribution in [0, 0.1) is 0 Å². The molecule has 1 aliphatic rings. The maximum absolute atomic E-state index is 11.1. The van der Waals surface area contributed by atoms with E-state index >= 15 is 0 Å². The molecule has 1 aliphatic heterocycles. The number of methoxy groups -OCH3 is 1. The van der Waals surface area contributed by atoms with Crippen molar-refractivity contribution in [1.29, 1.82) is 0 Å². The largest absolute Gasteiger partial charge is 0.493 e. The number of aromatic nitrogens is 2. The molecule has 2 heterocycles. The second kappa shape index (κ2) is 10.6. The van der Waals surface area contributed by atoms with E-state index in [1.54, 1.807) is 25.7 Å². The molecule has 2 aromatic rings. The van der Waals surface area contributed by atoms with Crippen molar-refractivity contribution in [2.75, 3.05) is 58.9 Å². The van der Waals surface area contributed by atoms with Gasteiger partial charge in [-0.05, 0) is 44.6 Å². The van der Waals surface area contributed by atoms with Gasteiger partial charge < -0.3 is 29.7 Å². The lowest BCUT2D eigenvalue weighted by atomic mass is 9.92. The Morgan fingerprint density at radius 3 is 2.87 bits per heavy atom. The predicted molar refractivity (Wildman–Crippen MR) is 117 cm³/mol. The first-order chi connectivity index (χ1) is 14.5.